The van der Waals surface area contributed by atoms with Crippen LogP contribution in [-0.4, -0.2) is 17.3 Å². The van der Waals surface area contributed by atoms with Crippen molar-refractivity contribution >= 4 is 33.8 Å². The summed E-state index contributed by atoms with van der Waals surface area (Å²) < 4.78 is 13.7. The first-order valence-electron chi connectivity index (χ1n) is 7.58. The van der Waals surface area contributed by atoms with Gasteiger partial charge in [-0.1, -0.05) is 36.4 Å². The SMILES string of the molecule is CSC(=C1C(C)=C(CC(=O)O)c2cc(F)ccc21)c1ccccc1. The first kappa shape index (κ1) is 16.5. The van der Waals surface area contributed by atoms with Crippen LogP contribution < -0.4 is 0 Å². The van der Waals surface area contributed by atoms with E-state index < -0.39 is 5.97 Å². The number of rotatable bonds is 4. The quantitative estimate of drug-likeness (QED) is 0.818. The highest BCUT2D eigenvalue weighted by molar-refractivity contribution is 8.08. The maximum absolute atomic E-state index is 13.7. The van der Waals surface area contributed by atoms with Gasteiger partial charge in [-0.15, -0.1) is 11.8 Å². The maximum atomic E-state index is 13.7. The van der Waals surface area contributed by atoms with E-state index >= 15 is 0 Å². The van der Waals surface area contributed by atoms with E-state index in [9.17, 15) is 14.3 Å². The molecule has 0 saturated carbocycles. The minimum atomic E-state index is -0.911. The van der Waals surface area contributed by atoms with Gasteiger partial charge in [-0.05, 0) is 58.7 Å². The Morgan fingerprint density at radius 3 is 2.46 bits per heavy atom. The summed E-state index contributed by atoms with van der Waals surface area (Å²) in [4.78, 5) is 12.3. The summed E-state index contributed by atoms with van der Waals surface area (Å²) in [5.74, 6) is -1.26. The summed E-state index contributed by atoms with van der Waals surface area (Å²) in [6.45, 7) is 1.92. The van der Waals surface area contributed by atoms with Crippen molar-refractivity contribution in [2.75, 3.05) is 6.26 Å². The molecule has 0 aliphatic heterocycles. The average Bonchev–Trinajstić information content (AvgIpc) is 2.82. The molecule has 122 valence electrons. The van der Waals surface area contributed by atoms with Crippen LogP contribution in [0.15, 0.2) is 54.1 Å². The summed E-state index contributed by atoms with van der Waals surface area (Å²) in [7, 11) is 0. The molecule has 0 bridgehead atoms. The Balaban J connectivity index is 2.30. The molecule has 3 rings (SSSR count). The second-order valence-electron chi connectivity index (χ2n) is 5.64. The average molecular weight is 340 g/mol. The highest BCUT2D eigenvalue weighted by atomic mass is 32.2. The van der Waals surface area contributed by atoms with Gasteiger partial charge in [0.15, 0.2) is 0 Å². The lowest BCUT2D eigenvalue weighted by atomic mass is 10.0. The first-order chi connectivity index (χ1) is 11.5. The zero-order valence-electron chi connectivity index (χ0n) is 13.5. The summed E-state index contributed by atoms with van der Waals surface area (Å²) in [6, 6.07) is 14.6. The fourth-order valence-corrected chi connectivity index (χ4v) is 4.00. The van der Waals surface area contributed by atoms with E-state index in [4.69, 9.17) is 0 Å². The smallest absolute Gasteiger partial charge is 0.307 e. The van der Waals surface area contributed by atoms with E-state index in [0.717, 1.165) is 27.2 Å². The van der Waals surface area contributed by atoms with Gasteiger partial charge in [0.25, 0.3) is 0 Å². The number of carboxylic acid groups (broad SMARTS) is 1. The Morgan fingerprint density at radius 2 is 1.83 bits per heavy atom. The van der Waals surface area contributed by atoms with Gasteiger partial charge in [0.2, 0.25) is 0 Å². The Hall–Kier alpha value is -2.33. The number of fused-ring (bicyclic) bond motifs is 1. The minimum absolute atomic E-state index is 0.109. The minimum Gasteiger partial charge on any atom is -0.481 e. The van der Waals surface area contributed by atoms with Gasteiger partial charge >= 0.3 is 5.97 Å². The summed E-state index contributed by atoms with van der Waals surface area (Å²) >= 11 is 1.62. The van der Waals surface area contributed by atoms with Crippen LogP contribution in [0.25, 0.3) is 16.1 Å². The molecule has 0 aromatic heterocycles. The Morgan fingerprint density at radius 1 is 1.12 bits per heavy atom. The maximum Gasteiger partial charge on any atom is 0.307 e. The highest BCUT2D eigenvalue weighted by Crippen LogP contribution is 2.48. The molecular formula is C20H17FO2S. The summed E-state index contributed by atoms with van der Waals surface area (Å²) in [5, 5.41) is 9.24. The van der Waals surface area contributed by atoms with E-state index in [2.05, 4.69) is 0 Å². The Labute approximate surface area is 144 Å². The number of carboxylic acids is 1. The van der Waals surface area contributed by atoms with Gasteiger partial charge in [-0.25, -0.2) is 4.39 Å². The first-order valence-corrected chi connectivity index (χ1v) is 8.81. The standard InChI is InChI=1S/C20H17FO2S/c1-12-16(11-18(22)23)17-10-14(21)8-9-15(17)19(12)20(24-2)13-6-4-3-5-7-13/h3-10H,11H2,1-2H3,(H,22,23). The molecule has 2 aromatic rings. The summed E-state index contributed by atoms with van der Waals surface area (Å²) in [5.41, 5.74) is 5.26. The van der Waals surface area contributed by atoms with Gasteiger partial charge in [0, 0.05) is 4.91 Å². The number of thioether (sulfide) groups is 1. The lowest BCUT2D eigenvalue weighted by molar-refractivity contribution is -0.135. The van der Waals surface area contributed by atoms with Crippen molar-refractivity contribution in [1.29, 1.82) is 0 Å². The molecule has 4 heteroatoms. The molecule has 0 amide bonds. The highest BCUT2D eigenvalue weighted by Gasteiger charge is 2.28. The fraction of sp³-hybridized carbons (Fsp3) is 0.150. The van der Waals surface area contributed by atoms with Gasteiger partial charge in [0.05, 0.1) is 6.42 Å². The monoisotopic (exact) mass is 340 g/mol. The van der Waals surface area contributed by atoms with Crippen molar-refractivity contribution in [2.24, 2.45) is 0 Å². The molecule has 1 aliphatic carbocycles. The van der Waals surface area contributed by atoms with Crippen molar-refractivity contribution in [2.45, 2.75) is 13.3 Å². The van der Waals surface area contributed by atoms with E-state index in [1.165, 1.54) is 12.1 Å². The van der Waals surface area contributed by atoms with Crippen LogP contribution >= 0.6 is 11.8 Å². The van der Waals surface area contributed by atoms with Crippen LogP contribution in [0.2, 0.25) is 0 Å². The molecule has 0 atom stereocenters. The second kappa shape index (κ2) is 6.65. The van der Waals surface area contributed by atoms with Gasteiger partial charge in [-0.2, -0.15) is 0 Å². The van der Waals surface area contributed by atoms with Crippen molar-refractivity contribution < 1.29 is 14.3 Å². The number of allylic oxidation sites excluding steroid dienone is 2. The Kier molecular flexibility index (Phi) is 4.58. The van der Waals surface area contributed by atoms with Crippen molar-refractivity contribution in [1.82, 2.24) is 0 Å². The number of benzene rings is 2. The zero-order chi connectivity index (χ0) is 17.3. The van der Waals surface area contributed by atoms with Crippen LogP contribution in [0, 0.1) is 5.82 Å². The third-order valence-corrected chi connectivity index (χ3v) is 5.05. The molecule has 2 aromatic carbocycles. The summed E-state index contributed by atoms with van der Waals surface area (Å²) in [6.07, 6.45) is 1.89. The molecular weight excluding hydrogens is 323 g/mol. The van der Waals surface area contributed by atoms with Gasteiger partial charge in [-0.3, -0.25) is 4.79 Å². The lowest BCUT2D eigenvalue weighted by Gasteiger charge is -2.12. The normalized spacial score (nSPS) is 15.5. The number of hydrogen-bond acceptors (Lipinski definition) is 2. The molecule has 0 heterocycles. The third-order valence-electron chi connectivity index (χ3n) is 4.20. The fourth-order valence-electron chi connectivity index (χ4n) is 3.16. The van der Waals surface area contributed by atoms with Crippen LogP contribution in [0.1, 0.15) is 30.0 Å². The van der Waals surface area contributed by atoms with E-state index in [0.29, 0.717) is 11.1 Å². The zero-order valence-corrected chi connectivity index (χ0v) is 14.3. The van der Waals surface area contributed by atoms with E-state index in [1.807, 2.05) is 43.5 Å². The number of carbonyl (C=O) groups is 1. The number of halogens is 1. The van der Waals surface area contributed by atoms with Crippen LogP contribution in [0.4, 0.5) is 4.39 Å². The lowest BCUT2D eigenvalue weighted by Crippen LogP contribution is -1.97. The molecule has 0 fully saturated rings. The van der Waals surface area contributed by atoms with Crippen LogP contribution in [0.5, 0.6) is 0 Å². The predicted octanol–water partition coefficient (Wildman–Crippen LogP) is 5.32. The molecule has 0 unspecified atom stereocenters. The molecule has 24 heavy (non-hydrogen) atoms. The Bertz CT molecular complexity index is 866. The number of hydrogen-bond donors (Lipinski definition) is 1. The van der Waals surface area contributed by atoms with Crippen molar-refractivity contribution in [3.05, 3.63) is 76.6 Å². The molecule has 0 saturated heterocycles. The molecule has 0 radical (unpaired) electrons. The third kappa shape index (κ3) is 2.89. The van der Waals surface area contributed by atoms with Crippen molar-refractivity contribution in [3.8, 4) is 0 Å². The van der Waals surface area contributed by atoms with Crippen LogP contribution in [-0.2, 0) is 4.79 Å². The van der Waals surface area contributed by atoms with Crippen molar-refractivity contribution in [3.63, 3.8) is 0 Å². The van der Waals surface area contributed by atoms with E-state index in [-0.39, 0.29) is 12.2 Å². The van der Waals surface area contributed by atoms with E-state index in [1.54, 1.807) is 17.8 Å². The molecule has 0 spiro atoms. The molecule has 1 aliphatic rings. The molecule has 2 nitrogen and oxygen atoms in total. The second-order valence-corrected chi connectivity index (χ2v) is 6.45. The van der Waals surface area contributed by atoms with Gasteiger partial charge in [0.1, 0.15) is 5.82 Å². The molecule has 1 N–H and O–H groups in total. The predicted molar refractivity (Wildman–Crippen MR) is 98.0 cm³/mol. The topological polar surface area (TPSA) is 37.3 Å². The number of aliphatic carboxylic acids is 1. The largest absolute Gasteiger partial charge is 0.481 e. The van der Waals surface area contributed by atoms with Gasteiger partial charge < -0.3 is 5.11 Å². The van der Waals surface area contributed by atoms with Crippen LogP contribution in [0.3, 0.4) is 0 Å².